The summed E-state index contributed by atoms with van der Waals surface area (Å²) in [6.45, 7) is 0.0390. The molecule has 1 aromatic heterocycles. The highest BCUT2D eigenvalue weighted by Gasteiger charge is 2.09. The Hall–Kier alpha value is -1.89. The maximum absolute atomic E-state index is 13.4. The van der Waals surface area contributed by atoms with E-state index in [1.807, 2.05) is 0 Å². The zero-order valence-electron chi connectivity index (χ0n) is 9.09. The fourth-order valence-corrected chi connectivity index (χ4v) is 1.81. The van der Waals surface area contributed by atoms with E-state index in [0.717, 1.165) is 4.47 Å². The number of imidazole rings is 1. The molecule has 0 atom stereocenters. The lowest BCUT2D eigenvalue weighted by Gasteiger charge is -2.05. The lowest BCUT2D eigenvalue weighted by molar-refractivity contribution is 0.0946. The van der Waals surface area contributed by atoms with Crippen LogP contribution in [0.5, 0.6) is 0 Å². The second-order valence-corrected chi connectivity index (χ2v) is 4.49. The Morgan fingerprint density at radius 3 is 2.89 bits per heavy atom. The summed E-state index contributed by atoms with van der Waals surface area (Å²) in [5, 5.41) is 2.51. The van der Waals surface area contributed by atoms with Crippen molar-refractivity contribution in [3.8, 4) is 0 Å². The van der Waals surface area contributed by atoms with Gasteiger partial charge < -0.3 is 15.3 Å². The molecule has 7 heteroatoms. The van der Waals surface area contributed by atoms with Crippen molar-refractivity contribution in [3.63, 3.8) is 0 Å². The van der Waals surface area contributed by atoms with Gasteiger partial charge in [0.05, 0.1) is 0 Å². The molecule has 0 saturated carbocycles. The molecule has 3 N–H and O–H groups in total. The average molecular weight is 314 g/mol. The minimum absolute atomic E-state index is 0.0390. The van der Waals surface area contributed by atoms with E-state index in [1.165, 1.54) is 12.3 Å². The first-order chi connectivity index (χ1) is 8.56. The summed E-state index contributed by atoms with van der Waals surface area (Å²) < 4.78 is 14.1. The van der Waals surface area contributed by atoms with Gasteiger partial charge in [-0.1, -0.05) is 15.9 Å². The van der Waals surface area contributed by atoms with Crippen LogP contribution in [0.1, 0.15) is 16.1 Å². The Labute approximate surface area is 110 Å². The van der Waals surface area contributed by atoms with Gasteiger partial charge in [0.2, 0.25) is 0 Å². The lowest BCUT2D eigenvalue weighted by atomic mass is 10.2. The molecule has 1 aromatic carbocycles. The summed E-state index contributed by atoms with van der Waals surface area (Å²) >= 11 is 3.22. The number of aromatic nitrogens is 2. The largest absolute Gasteiger partial charge is 0.347 e. The summed E-state index contributed by atoms with van der Waals surface area (Å²) in [4.78, 5) is 27.0. The number of carbonyl (C=O) groups is 1. The fourth-order valence-electron chi connectivity index (χ4n) is 1.40. The average Bonchev–Trinajstić information content (AvgIpc) is 2.77. The maximum atomic E-state index is 13.4. The third kappa shape index (κ3) is 2.86. The van der Waals surface area contributed by atoms with E-state index in [1.54, 1.807) is 12.1 Å². The summed E-state index contributed by atoms with van der Waals surface area (Å²) in [5.41, 5.74) is -0.000186. The van der Waals surface area contributed by atoms with E-state index in [9.17, 15) is 14.0 Å². The molecule has 2 rings (SSSR count). The predicted molar refractivity (Wildman–Crippen MR) is 66.7 cm³/mol. The van der Waals surface area contributed by atoms with Gasteiger partial charge in [0, 0.05) is 22.8 Å². The molecule has 0 fully saturated rings. The summed E-state index contributed by atoms with van der Waals surface area (Å²) in [7, 11) is 0. The second kappa shape index (κ2) is 5.18. The highest BCUT2D eigenvalue weighted by Crippen LogP contribution is 2.15. The molecule has 1 heterocycles. The molecule has 0 unspecified atom stereocenters. The third-order valence-electron chi connectivity index (χ3n) is 2.29. The van der Waals surface area contributed by atoms with Gasteiger partial charge in [-0.15, -0.1) is 0 Å². The maximum Gasteiger partial charge on any atom is 0.323 e. The Bertz CT molecular complexity index is 635. The van der Waals surface area contributed by atoms with Crippen molar-refractivity contribution in [2.75, 3.05) is 0 Å². The van der Waals surface area contributed by atoms with E-state index in [-0.39, 0.29) is 12.2 Å². The first kappa shape index (κ1) is 12.6. The van der Waals surface area contributed by atoms with Crippen molar-refractivity contribution >= 4 is 21.8 Å². The van der Waals surface area contributed by atoms with Gasteiger partial charge in [-0.2, -0.15) is 0 Å². The summed E-state index contributed by atoms with van der Waals surface area (Å²) in [6.07, 6.45) is 1.26. The smallest absolute Gasteiger partial charge is 0.323 e. The number of benzene rings is 1. The highest BCUT2D eigenvalue weighted by molar-refractivity contribution is 9.10. The van der Waals surface area contributed by atoms with Crippen molar-refractivity contribution in [3.05, 3.63) is 56.4 Å². The highest BCUT2D eigenvalue weighted by atomic mass is 79.9. The van der Waals surface area contributed by atoms with Crippen LogP contribution >= 0.6 is 15.9 Å². The zero-order valence-corrected chi connectivity index (χ0v) is 10.7. The number of amides is 1. The monoisotopic (exact) mass is 313 g/mol. The minimum atomic E-state index is -0.479. The molecule has 0 saturated heterocycles. The number of H-pyrrole nitrogens is 2. The Balaban J connectivity index is 2.05. The van der Waals surface area contributed by atoms with Gasteiger partial charge in [-0.25, -0.2) is 9.18 Å². The van der Waals surface area contributed by atoms with Crippen LogP contribution in [-0.4, -0.2) is 15.9 Å². The number of nitrogens with one attached hydrogen (secondary N) is 3. The molecule has 94 valence electrons. The Morgan fingerprint density at radius 2 is 2.22 bits per heavy atom. The number of hydrogen-bond donors (Lipinski definition) is 3. The molecule has 18 heavy (non-hydrogen) atoms. The van der Waals surface area contributed by atoms with E-state index in [2.05, 4.69) is 31.2 Å². The fraction of sp³-hybridized carbons (Fsp3) is 0.0909. The normalized spacial score (nSPS) is 10.3. The van der Waals surface area contributed by atoms with Gasteiger partial charge in [0.25, 0.3) is 5.91 Å². The second-order valence-electron chi connectivity index (χ2n) is 3.57. The van der Waals surface area contributed by atoms with Crippen LogP contribution in [0.2, 0.25) is 0 Å². The summed E-state index contributed by atoms with van der Waals surface area (Å²) in [5.74, 6) is -0.881. The third-order valence-corrected chi connectivity index (χ3v) is 2.78. The Morgan fingerprint density at radius 1 is 1.44 bits per heavy atom. The molecule has 2 aromatic rings. The van der Waals surface area contributed by atoms with Crippen LogP contribution < -0.4 is 11.0 Å². The Kier molecular flexibility index (Phi) is 3.61. The predicted octanol–water partition coefficient (Wildman–Crippen LogP) is 1.53. The van der Waals surface area contributed by atoms with Crippen molar-refractivity contribution in [2.45, 2.75) is 6.54 Å². The standard InChI is InChI=1S/C11H9BrFN3O2/c12-7-1-2-8(13)6(3-7)4-14-10(17)9-5-15-11(18)16-9/h1-3,5H,4H2,(H,14,17)(H2,15,16,18). The van der Waals surface area contributed by atoms with E-state index in [4.69, 9.17) is 0 Å². The minimum Gasteiger partial charge on any atom is -0.347 e. The number of halogens is 2. The first-order valence-electron chi connectivity index (χ1n) is 5.06. The number of aromatic amines is 2. The molecular weight excluding hydrogens is 305 g/mol. The van der Waals surface area contributed by atoms with Gasteiger partial charge in [0.1, 0.15) is 11.5 Å². The van der Waals surface area contributed by atoms with Gasteiger partial charge in [0.15, 0.2) is 0 Å². The molecule has 0 aliphatic rings. The lowest BCUT2D eigenvalue weighted by Crippen LogP contribution is -2.24. The van der Waals surface area contributed by atoms with Crippen molar-refractivity contribution < 1.29 is 9.18 Å². The molecule has 5 nitrogen and oxygen atoms in total. The molecule has 0 aliphatic heterocycles. The van der Waals surface area contributed by atoms with Crippen LogP contribution in [0.3, 0.4) is 0 Å². The van der Waals surface area contributed by atoms with Crippen LogP contribution in [0.25, 0.3) is 0 Å². The van der Waals surface area contributed by atoms with Gasteiger partial charge in [-0.05, 0) is 18.2 Å². The zero-order chi connectivity index (χ0) is 13.1. The number of carbonyl (C=O) groups excluding carboxylic acids is 1. The number of rotatable bonds is 3. The van der Waals surface area contributed by atoms with Crippen molar-refractivity contribution in [1.29, 1.82) is 0 Å². The van der Waals surface area contributed by atoms with Crippen LogP contribution in [0, 0.1) is 5.82 Å². The van der Waals surface area contributed by atoms with Crippen molar-refractivity contribution in [2.24, 2.45) is 0 Å². The first-order valence-corrected chi connectivity index (χ1v) is 5.85. The molecule has 0 spiro atoms. The van der Waals surface area contributed by atoms with Crippen LogP contribution in [0.15, 0.2) is 33.7 Å². The van der Waals surface area contributed by atoms with Gasteiger partial charge in [-0.3, -0.25) is 4.79 Å². The summed E-state index contributed by atoms with van der Waals surface area (Å²) in [6, 6.07) is 4.46. The topological polar surface area (TPSA) is 77.8 Å². The molecule has 1 amide bonds. The number of hydrogen-bond acceptors (Lipinski definition) is 2. The van der Waals surface area contributed by atoms with Crippen LogP contribution in [0.4, 0.5) is 4.39 Å². The quantitative estimate of drug-likeness (QED) is 0.803. The van der Waals surface area contributed by atoms with Gasteiger partial charge >= 0.3 is 5.69 Å². The van der Waals surface area contributed by atoms with Crippen molar-refractivity contribution in [1.82, 2.24) is 15.3 Å². The molecule has 0 radical (unpaired) electrons. The van der Waals surface area contributed by atoms with E-state index < -0.39 is 17.4 Å². The molecular formula is C11H9BrFN3O2. The molecule has 0 aliphatic carbocycles. The van der Waals surface area contributed by atoms with E-state index in [0.29, 0.717) is 5.56 Å². The molecule has 0 bridgehead atoms. The van der Waals surface area contributed by atoms with E-state index >= 15 is 0 Å². The SMILES string of the molecule is O=C(NCc1cc(Br)ccc1F)c1c[nH]c(=O)[nH]1. The van der Waals surface area contributed by atoms with Crippen LogP contribution in [-0.2, 0) is 6.54 Å².